The van der Waals surface area contributed by atoms with Gasteiger partial charge < -0.3 is 4.74 Å². The van der Waals surface area contributed by atoms with Gasteiger partial charge in [-0.1, -0.05) is 30.3 Å². The fraction of sp³-hybridized carbons (Fsp3) is 0.0526. The van der Waals surface area contributed by atoms with E-state index in [-0.39, 0.29) is 5.56 Å². The summed E-state index contributed by atoms with van der Waals surface area (Å²) in [5.41, 5.74) is 2.43. The Morgan fingerprint density at radius 3 is 2.48 bits per heavy atom. The highest BCUT2D eigenvalue weighted by molar-refractivity contribution is 5.78. The second-order valence-electron chi connectivity index (χ2n) is 5.01. The van der Waals surface area contributed by atoms with Crippen molar-refractivity contribution in [1.82, 2.24) is 4.98 Å². The predicted octanol–water partition coefficient (Wildman–Crippen LogP) is 4.28. The van der Waals surface area contributed by atoms with E-state index in [4.69, 9.17) is 4.74 Å². The van der Waals surface area contributed by atoms with E-state index in [1.165, 1.54) is 6.07 Å². The van der Waals surface area contributed by atoms with Gasteiger partial charge in [0, 0.05) is 5.56 Å². The lowest BCUT2D eigenvalue weighted by Gasteiger charge is -2.07. The maximum Gasteiger partial charge on any atom is 0.153 e. The minimum atomic E-state index is -0.619. The Labute approximate surface area is 133 Å². The molecule has 0 saturated carbocycles. The van der Waals surface area contributed by atoms with Crippen LogP contribution in [0, 0.1) is 5.82 Å². The molecule has 0 saturated heterocycles. The third-order valence-corrected chi connectivity index (χ3v) is 3.41. The Morgan fingerprint density at radius 2 is 1.78 bits per heavy atom. The lowest BCUT2D eigenvalue weighted by atomic mass is 10.1. The zero-order valence-corrected chi connectivity index (χ0v) is 12.3. The number of aldehydes is 1. The van der Waals surface area contributed by atoms with Crippen LogP contribution in [0.15, 0.2) is 66.9 Å². The van der Waals surface area contributed by atoms with Gasteiger partial charge in [-0.25, -0.2) is 4.39 Å². The molecule has 0 atom stereocenters. The number of aromatic nitrogens is 1. The molecule has 0 aliphatic carbocycles. The maximum absolute atomic E-state index is 13.3. The van der Waals surface area contributed by atoms with Crippen LogP contribution in [-0.2, 0) is 6.61 Å². The summed E-state index contributed by atoms with van der Waals surface area (Å²) in [6.07, 6.45) is 1.54. The number of carbonyl (C=O) groups is 1. The largest absolute Gasteiger partial charge is 0.489 e. The summed E-state index contributed by atoms with van der Waals surface area (Å²) in [5.74, 6) is 0.113. The van der Waals surface area contributed by atoms with Crippen molar-refractivity contribution >= 4 is 6.29 Å². The van der Waals surface area contributed by atoms with Crippen molar-refractivity contribution in [2.45, 2.75) is 6.61 Å². The fourth-order valence-electron chi connectivity index (χ4n) is 2.17. The summed E-state index contributed by atoms with van der Waals surface area (Å²) >= 11 is 0. The Kier molecular flexibility index (Phi) is 4.43. The van der Waals surface area contributed by atoms with Crippen LogP contribution in [0.2, 0.25) is 0 Å². The number of ether oxygens (including phenoxy) is 1. The lowest BCUT2D eigenvalue weighted by molar-refractivity contribution is 0.111. The number of benzene rings is 2. The first-order valence-electron chi connectivity index (χ1n) is 7.14. The van der Waals surface area contributed by atoms with Crippen LogP contribution in [0.4, 0.5) is 4.39 Å². The Balaban J connectivity index is 1.73. The van der Waals surface area contributed by atoms with E-state index in [1.54, 1.807) is 0 Å². The minimum Gasteiger partial charge on any atom is -0.489 e. The van der Waals surface area contributed by atoms with Crippen LogP contribution in [0.3, 0.4) is 0 Å². The molecule has 0 amide bonds. The van der Waals surface area contributed by atoms with Crippen molar-refractivity contribution in [2.24, 2.45) is 0 Å². The summed E-state index contributed by atoms with van der Waals surface area (Å²) in [6, 6.07) is 18.6. The molecular formula is C19H14FNO2. The number of rotatable bonds is 5. The van der Waals surface area contributed by atoms with Crippen molar-refractivity contribution in [2.75, 3.05) is 0 Å². The molecule has 0 radical (unpaired) electrons. The lowest BCUT2D eigenvalue weighted by Crippen LogP contribution is -1.95. The third kappa shape index (κ3) is 3.61. The van der Waals surface area contributed by atoms with Crippen LogP contribution in [0.5, 0.6) is 5.75 Å². The van der Waals surface area contributed by atoms with Gasteiger partial charge in [0.25, 0.3) is 0 Å². The van der Waals surface area contributed by atoms with Gasteiger partial charge in [-0.05, 0) is 35.9 Å². The van der Waals surface area contributed by atoms with E-state index >= 15 is 0 Å². The first-order valence-corrected chi connectivity index (χ1v) is 7.14. The van der Waals surface area contributed by atoms with Gasteiger partial charge in [0.2, 0.25) is 0 Å². The molecule has 1 heterocycles. The molecule has 0 spiro atoms. The average Bonchev–Trinajstić information content (AvgIpc) is 2.62. The van der Waals surface area contributed by atoms with E-state index in [9.17, 15) is 9.18 Å². The van der Waals surface area contributed by atoms with Gasteiger partial charge in [0.1, 0.15) is 12.4 Å². The molecule has 1 aromatic heterocycles. The van der Waals surface area contributed by atoms with Gasteiger partial charge in [0.15, 0.2) is 12.1 Å². The number of pyridine rings is 1. The normalized spacial score (nSPS) is 10.3. The highest BCUT2D eigenvalue weighted by Gasteiger charge is 2.06. The van der Waals surface area contributed by atoms with Gasteiger partial charge in [0.05, 0.1) is 17.5 Å². The molecule has 0 aliphatic heterocycles. The number of nitrogens with zero attached hydrogens (tertiary/aromatic N) is 1. The van der Waals surface area contributed by atoms with Crippen LogP contribution < -0.4 is 4.74 Å². The first kappa shape index (κ1) is 14.9. The Morgan fingerprint density at radius 1 is 1.04 bits per heavy atom. The number of hydrogen-bond donors (Lipinski definition) is 0. The zero-order valence-electron chi connectivity index (χ0n) is 12.3. The Hall–Kier alpha value is -3.01. The van der Waals surface area contributed by atoms with Gasteiger partial charge in [-0.15, -0.1) is 0 Å². The highest BCUT2D eigenvalue weighted by atomic mass is 19.1. The van der Waals surface area contributed by atoms with Crippen molar-refractivity contribution < 1.29 is 13.9 Å². The average molecular weight is 307 g/mol. The topological polar surface area (TPSA) is 39.2 Å². The van der Waals surface area contributed by atoms with Crippen LogP contribution >= 0.6 is 0 Å². The van der Waals surface area contributed by atoms with Crippen molar-refractivity contribution in [3.63, 3.8) is 0 Å². The van der Waals surface area contributed by atoms with E-state index in [0.717, 1.165) is 23.1 Å². The highest BCUT2D eigenvalue weighted by Crippen LogP contribution is 2.22. The zero-order chi connectivity index (χ0) is 16.1. The van der Waals surface area contributed by atoms with E-state index in [0.29, 0.717) is 18.6 Å². The second-order valence-corrected chi connectivity index (χ2v) is 5.01. The number of hydrogen-bond acceptors (Lipinski definition) is 3. The van der Waals surface area contributed by atoms with E-state index < -0.39 is 5.82 Å². The maximum atomic E-state index is 13.3. The van der Waals surface area contributed by atoms with Crippen LogP contribution in [-0.4, -0.2) is 11.3 Å². The SMILES string of the molecule is O=Cc1cc(-c2ccc(OCc3ccccc3)cc2)ncc1F. The summed E-state index contributed by atoms with van der Waals surface area (Å²) in [7, 11) is 0. The van der Waals surface area contributed by atoms with Crippen molar-refractivity contribution in [3.05, 3.63) is 83.8 Å². The molecule has 0 aliphatic rings. The molecule has 0 bridgehead atoms. The number of halogens is 1. The molecular weight excluding hydrogens is 293 g/mol. The van der Waals surface area contributed by atoms with Gasteiger partial charge >= 0.3 is 0 Å². The molecule has 3 nitrogen and oxygen atoms in total. The van der Waals surface area contributed by atoms with Crippen LogP contribution in [0.25, 0.3) is 11.3 Å². The number of carbonyl (C=O) groups excluding carboxylic acids is 1. The first-order chi connectivity index (χ1) is 11.3. The molecule has 4 heteroatoms. The molecule has 23 heavy (non-hydrogen) atoms. The Bertz CT molecular complexity index is 801. The molecule has 114 valence electrons. The van der Waals surface area contributed by atoms with E-state index in [1.807, 2.05) is 54.6 Å². The van der Waals surface area contributed by atoms with Gasteiger partial charge in [-0.2, -0.15) is 0 Å². The molecule has 0 N–H and O–H groups in total. The van der Waals surface area contributed by atoms with E-state index in [2.05, 4.69) is 4.98 Å². The molecule has 3 aromatic rings. The fourth-order valence-corrected chi connectivity index (χ4v) is 2.17. The minimum absolute atomic E-state index is 0.000552. The summed E-state index contributed by atoms with van der Waals surface area (Å²) in [4.78, 5) is 14.8. The quantitative estimate of drug-likeness (QED) is 0.660. The monoisotopic (exact) mass is 307 g/mol. The van der Waals surface area contributed by atoms with Crippen LogP contribution in [0.1, 0.15) is 15.9 Å². The second kappa shape index (κ2) is 6.83. The standard InChI is InChI=1S/C19H14FNO2/c20-18-11-21-19(10-16(18)12-22)15-6-8-17(9-7-15)23-13-14-4-2-1-3-5-14/h1-12H,13H2. The van der Waals surface area contributed by atoms with Gasteiger partial charge in [-0.3, -0.25) is 9.78 Å². The molecule has 3 rings (SSSR count). The molecule has 0 fully saturated rings. The third-order valence-electron chi connectivity index (χ3n) is 3.41. The summed E-state index contributed by atoms with van der Waals surface area (Å²) < 4.78 is 19.0. The summed E-state index contributed by atoms with van der Waals surface area (Å²) in [5, 5.41) is 0. The smallest absolute Gasteiger partial charge is 0.153 e. The van der Waals surface area contributed by atoms with Crippen molar-refractivity contribution in [3.8, 4) is 17.0 Å². The van der Waals surface area contributed by atoms with Crippen molar-refractivity contribution in [1.29, 1.82) is 0 Å². The summed E-state index contributed by atoms with van der Waals surface area (Å²) in [6.45, 7) is 0.490. The molecule has 2 aromatic carbocycles. The predicted molar refractivity (Wildman–Crippen MR) is 85.8 cm³/mol. The molecule has 0 unspecified atom stereocenters.